The summed E-state index contributed by atoms with van der Waals surface area (Å²) in [5.74, 6) is 0. The molecule has 0 amide bonds. The Morgan fingerprint density at radius 3 is 2.67 bits per heavy atom. The summed E-state index contributed by atoms with van der Waals surface area (Å²) in [5.41, 5.74) is 0. The molecule has 0 atom stereocenters. The molecular formula is C6H15N2O+. The van der Waals surface area contributed by atoms with Crippen molar-refractivity contribution in [3.63, 3.8) is 0 Å². The molecule has 1 aliphatic rings. The van der Waals surface area contributed by atoms with E-state index in [-0.39, 0.29) is 0 Å². The first-order chi connectivity index (χ1) is 4.43. The number of rotatable bonds is 2. The average molecular weight is 131 g/mol. The Morgan fingerprint density at radius 1 is 1.44 bits per heavy atom. The van der Waals surface area contributed by atoms with Crippen LogP contribution in [0.2, 0.25) is 0 Å². The van der Waals surface area contributed by atoms with Crippen molar-refractivity contribution in [2.45, 2.75) is 0 Å². The molecule has 1 rings (SSSR count). The van der Waals surface area contributed by atoms with Gasteiger partial charge in [-0.25, -0.2) is 0 Å². The minimum atomic E-state index is 0.928. The zero-order valence-corrected chi connectivity index (χ0v) is 5.94. The van der Waals surface area contributed by atoms with Gasteiger partial charge in [-0.2, -0.15) is 0 Å². The third-order valence-corrected chi connectivity index (χ3v) is 1.63. The minimum absolute atomic E-state index is 0.928. The lowest BCUT2D eigenvalue weighted by atomic mass is 10.4. The van der Waals surface area contributed by atoms with Crippen LogP contribution in [0.15, 0.2) is 0 Å². The van der Waals surface area contributed by atoms with Gasteiger partial charge in [0.15, 0.2) is 0 Å². The molecule has 0 bridgehead atoms. The fraction of sp³-hybridized carbons (Fsp3) is 1.00. The Kier molecular flexibility index (Phi) is 2.97. The topological polar surface area (TPSA) is 25.7 Å². The van der Waals surface area contributed by atoms with Crippen molar-refractivity contribution >= 4 is 0 Å². The van der Waals surface area contributed by atoms with E-state index < -0.39 is 0 Å². The first-order valence-corrected chi connectivity index (χ1v) is 3.49. The van der Waals surface area contributed by atoms with Crippen molar-refractivity contribution in [3.8, 4) is 0 Å². The maximum Gasteiger partial charge on any atom is 0.130 e. The fourth-order valence-electron chi connectivity index (χ4n) is 1.09. The third-order valence-electron chi connectivity index (χ3n) is 1.63. The second-order valence-electron chi connectivity index (χ2n) is 2.39. The smallest absolute Gasteiger partial charge is 0.130 e. The molecule has 0 aromatic carbocycles. The van der Waals surface area contributed by atoms with Crippen LogP contribution in [0.1, 0.15) is 0 Å². The third kappa shape index (κ3) is 2.30. The molecule has 0 radical (unpaired) electrons. The zero-order chi connectivity index (χ0) is 6.53. The number of morpholine rings is 1. The standard InChI is InChI=1S/C6H14N2O/c1-7-6-8-2-4-9-5-3-8/h7H,2-6H2,1H3/p+1. The Hall–Kier alpha value is -0.120. The van der Waals surface area contributed by atoms with Gasteiger partial charge in [-0.15, -0.1) is 0 Å². The van der Waals surface area contributed by atoms with Gasteiger partial charge in [-0.1, -0.05) is 0 Å². The predicted octanol–water partition coefficient (Wildman–Crippen LogP) is -1.92. The Labute approximate surface area is 56.0 Å². The van der Waals surface area contributed by atoms with Crippen LogP contribution in [-0.4, -0.2) is 40.0 Å². The largest absolute Gasteiger partial charge is 0.370 e. The molecular weight excluding hydrogens is 116 g/mol. The van der Waals surface area contributed by atoms with Gasteiger partial charge < -0.3 is 9.64 Å². The van der Waals surface area contributed by atoms with Crippen LogP contribution in [-0.2, 0) is 4.74 Å². The van der Waals surface area contributed by atoms with Crippen LogP contribution >= 0.6 is 0 Å². The maximum absolute atomic E-state index is 5.20. The van der Waals surface area contributed by atoms with Gasteiger partial charge >= 0.3 is 0 Å². The molecule has 1 saturated heterocycles. The van der Waals surface area contributed by atoms with E-state index in [2.05, 4.69) is 5.32 Å². The van der Waals surface area contributed by atoms with Crippen molar-refractivity contribution < 1.29 is 9.64 Å². The van der Waals surface area contributed by atoms with Gasteiger partial charge in [0.05, 0.1) is 13.2 Å². The maximum atomic E-state index is 5.20. The summed E-state index contributed by atoms with van der Waals surface area (Å²) in [5, 5.41) is 3.14. The van der Waals surface area contributed by atoms with Gasteiger partial charge in [-0.3, -0.25) is 5.32 Å². The van der Waals surface area contributed by atoms with Crippen LogP contribution in [0.5, 0.6) is 0 Å². The highest BCUT2D eigenvalue weighted by Gasteiger charge is 2.10. The number of hydrogen-bond donors (Lipinski definition) is 2. The summed E-state index contributed by atoms with van der Waals surface area (Å²) in [7, 11) is 1.99. The Morgan fingerprint density at radius 2 is 2.11 bits per heavy atom. The molecule has 0 saturated carbocycles. The number of ether oxygens (including phenoxy) is 1. The van der Waals surface area contributed by atoms with Crippen molar-refractivity contribution in [1.82, 2.24) is 5.32 Å². The molecule has 54 valence electrons. The highest BCUT2D eigenvalue weighted by Crippen LogP contribution is 1.72. The van der Waals surface area contributed by atoms with E-state index in [1.165, 1.54) is 0 Å². The molecule has 0 aromatic rings. The van der Waals surface area contributed by atoms with Gasteiger partial charge in [0.2, 0.25) is 0 Å². The molecule has 3 nitrogen and oxygen atoms in total. The number of hydrogen-bond acceptors (Lipinski definition) is 2. The zero-order valence-electron chi connectivity index (χ0n) is 5.94. The summed E-state index contributed by atoms with van der Waals surface area (Å²) in [6, 6.07) is 0. The molecule has 9 heavy (non-hydrogen) atoms. The van der Waals surface area contributed by atoms with Gasteiger partial charge in [0.25, 0.3) is 0 Å². The lowest BCUT2D eigenvalue weighted by Crippen LogP contribution is -3.15. The van der Waals surface area contributed by atoms with Gasteiger partial charge in [0, 0.05) is 0 Å². The van der Waals surface area contributed by atoms with E-state index in [9.17, 15) is 0 Å². The average Bonchev–Trinajstić information content (AvgIpc) is 1.91. The van der Waals surface area contributed by atoms with Crippen molar-refractivity contribution in [1.29, 1.82) is 0 Å². The highest BCUT2D eigenvalue weighted by molar-refractivity contribution is 4.36. The molecule has 0 unspecified atom stereocenters. The number of quaternary nitrogens is 1. The van der Waals surface area contributed by atoms with Crippen molar-refractivity contribution in [2.75, 3.05) is 40.0 Å². The minimum Gasteiger partial charge on any atom is -0.370 e. The first kappa shape index (κ1) is 6.99. The summed E-state index contributed by atoms with van der Waals surface area (Å²) in [4.78, 5) is 1.60. The Balaban J connectivity index is 2.08. The fourth-order valence-corrected chi connectivity index (χ4v) is 1.09. The molecule has 0 spiro atoms. The van der Waals surface area contributed by atoms with Crippen LogP contribution in [0.3, 0.4) is 0 Å². The quantitative estimate of drug-likeness (QED) is 0.457. The van der Waals surface area contributed by atoms with E-state index in [1.54, 1.807) is 4.90 Å². The molecule has 1 heterocycles. The second-order valence-corrected chi connectivity index (χ2v) is 2.39. The predicted molar refractivity (Wildman–Crippen MR) is 35.4 cm³/mol. The highest BCUT2D eigenvalue weighted by atomic mass is 16.5. The van der Waals surface area contributed by atoms with Gasteiger partial charge in [-0.05, 0) is 7.05 Å². The van der Waals surface area contributed by atoms with E-state index in [4.69, 9.17) is 4.74 Å². The van der Waals surface area contributed by atoms with Crippen LogP contribution in [0.4, 0.5) is 0 Å². The Bertz CT molecular complexity index is 68.7. The molecule has 1 aliphatic heterocycles. The lowest BCUT2D eigenvalue weighted by molar-refractivity contribution is -0.910. The molecule has 2 N–H and O–H groups in total. The normalized spacial score (nSPS) is 22.3. The summed E-state index contributed by atoms with van der Waals surface area (Å²) < 4.78 is 5.20. The van der Waals surface area contributed by atoms with E-state index in [0.717, 1.165) is 33.0 Å². The van der Waals surface area contributed by atoms with Crippen LogP contribution < -0.4 is 10.2 Å². The van der Waals surface area contributed by atoms with Gasteiger partial charge in [0.1, 0.15) is 19.8 Å². The molecule has 1 fully saturated rings. The first-order valence-electron chi connectivity index (χ1n) is 3.49. The molecule has 0 aliphatic carbocycles. The monoisotopic (exact) mass is 131 g/mol. The van der Waals surface area contributed by atoms with Crippen LogP contribution in [0.25, 0.3) is 0 Å². The van der Waals surface area contributed by atoms with Crippen LogP contribution in [0, 0.1) is 0 Å². The second kappa shape index (κ2) is 3.82. The molecule has 3 heteroatoms. The number of nitrogens with one attached hydrogen (secondary N) is 2. The van der Waals surface area contributed by atoms with Crippen molar-refractivity contribution in [2.24, 2.45) is 0 Å². The van der Waals surface area contributed by atoms with E-state index in [1.807, 2.05) is 7.05 Å². The summed E-state index contributed by atoms with van der Waals surface area (Å²) >= 11 is 0. The summed E-state index contributed by atoms with van der Waals surface area (Å²) in [6.07, 6.45) is 0. The SMILES string of the molecule is CNC[NH+]1CCOCC1. The van der Waals surface area contributed by atoms with E-state index >= 15 is 0 Å². The van der Waals surface area contributed by atoms with Crippen molar-refractivity contribution in [3.05, 3.63) is 0 Å². The molecule has 0 aromatic heterocycles. The lowest BCUT2D eigenvalue weighted by Gasteiger charge is -2.22. The summed E-state index contributed by atoms with van der Waals surface area (Å²) in [6.45, 7) is 5.24. The van der Waals surface area contributed by atoms with E-state index in [0.29, 0.717) is 0 Å².